The van der Waals surface area contributed by atoms with Gasteiger partial charge in [-0.3, -0.25) is 4.79 Å². The Morgan fingerprint density at radius 1 is 1.05 bits per heavy atom. The average molecular weight is 287 g/mol. The molecule has 0 aliphatic rings. The summed E-state index contributed by atoms with van der Waals surface area (Å²) in [5.74, 6) is 0.712. The summed E-state index contributed by atoms with van der Waals surface area (Å²) >= 11 is 0. The van der Waals surface area contributed by atoms with Crippen LogP contribution in [0.25, 0.3) is 0 Å². The van der Waals surface area contributed by atoms with Gasteiger partial charge in [-0.15, -0.1) is 0 Å². The van der Waals surface area contributed by atoms with Gasteiger partial charge in [0.25, 0.3) is 5.91 Å². The van der Waals surface area contributed by atoms with Gasteiger partial charge in [-0.25, -0.2) is 0 Å². The highest BCUT2D eigenvalue weighted by Crippen LogP contribution is 2.32. The van der Waals surface area contributed by atoms with Crippen LogP contribution >= 0.6 is 0 Å². The summed E-state index contributed by atoms with van der Waals surface area (Å²) in [4.78, 5) is 11.5. The second-order valence-electron chi connectivity index (χ2n) is 4.36. The van der Waals surface area contributed by atoms with E-state index in [-0.39, 0.29) is 0 Å². The van der Waals surface area contributed by atoms with Crippen LogP contribution in [-0.2, 0) is 0 Å². The molecular weight excluding hydrogens is 270 g/mol. The molecule has 21 heavy (non-hydrogen) atoms. The number of nitrogens with two attached hydrogens (primary N) is 2. The topological polar surface area (TPSA) is 99.6 Å². The van der Waals surface area contributed by atoms with Gasteiger partial charge in [0.05, 0.1) is 31.2 Å². The van der Waals surface area contributed by atoms with E-state index in [1.54, 1.807) is 44.6 Å². The molecule has 0 aromatic heterocycles. The van der Waals surface area contributed by atoms with Crippen molar-refractivity contribution >= 4 is 23.0 Å². The third-order valence-corrected chi connectivity index (χ3v) is 2.99. The van der Waals surface area contributed by atoms with Gasteiger partial charge >= 0.3 is 0 Å². The van der Waals surface area contributed by atoms with Gasteiger partial charge < -0.3 is 26.3 Å². The van der Waals surface area contributed by atoms with Gasteiger partial charge in [0.2, 0.25) is 0 Å². The van der Waals surface area contributed by atoms with Crippen molar-refractivity contribution in [3.63, 3.8) is 0 Å². The molecule has 2 aromatic rings. The molecule has 1 amide bonds. The zero-order valence-electron chi connectivity index (χ0n) is 11.8. The van der Waals surface area contributed by atoms with E-state index in [4.69, 9.17) is 20.9 Å². The van der Waals surface area contributed by atoms with Gasteiger partial charge in [0.1, 0.15) is 11.5 Å². The Hall–Kier alpha value is -2.89. The Morgan fingerprint density at radius 3 is 2.43 bits per heavy atom. The molecule has 0 atom stereocenters. The van der Waals surface area contributed by atoms with Gasteiger partial charge in [-0.2, -0.15) is 0 Å². The zero-order valence-corrected chi connectivity index (χ0v) is 11.8. The summed E-state index contributed by atoms with van der Waals surface area (Å²) in [6.07, 6.45) is 0. The molecule has 6 heteroatoms. The monoisotopic (exact) mass is 287 g/mol. The van der Waals surface area contributed by atoms with Gasteiger partial charge in [-0.1, -0.05) is 0 Å². The number of benzene rings is 2. The van der Waals surface area contributed by atoms with Crippen LogP contribution in [0.3, 0.4) is 0 Å². The minimum absolute atomic E-state index is 0.305. The molecule has 110 valence electrons. The first-order valence-electron chi connectivity index (χ1n) is 6.23. The van der Waals surface area contributed by atoms with Crippen LogP contribution in [0.15, 0.2) is 36.4 Å². The van der Waals surface area contributed by atoms with Crippen molar-refractivity contribution in [2.24, 2.45) is 5.73 Å². The lowest BCUT2D eigenvalue weighted by molar-refractivity contribution is 0.100. The van der Waals surface area contributed by atoms with Crippen molar-refractivity contribution in [3.8, 4) is 11.5 Å². The van der Waals surface area contributed by atoms with Crippen molar-refractivity contribution in [3.05, 3.63) is 42.0 Å². The lowest BCUT2D eigenvalue weighted by atomic mass is 10.1. The van der Waals surface area contributed by atoms with E-state index < -0.39 is 5.91 Å². The van der Waals surface area contributed by atoms with Crippen LogP contribution in [-0.4, -0.2) is 20.1 Å². The second-order valence-corrected chi connectivity index (χ2v) is 4.36. The molecule has 0 bridgehead atoms. The molecule has 5 N–H and O–H groups in total. The number of carbonyl (C=O) groups excluding carboxylic acids is 1. The van der Waals surface area contributed by atoms with Crippen LogP contribution in [0, 0.1) is 0 Å². The smallest absolute Gasteiger partial charge is 0.250 e. The highest BCUT2D eigenvalue weighted by molar-refractivity contribution is 6.00. The average Bonchev–Trinajstić information content (AvgIpc) is 2.48. The summed E-state index contributed by atoms with van der Waals surface area (Å²) in [7, 11) is 3.13. The van der Waals surface area contributed by atoms with Crippen LogP contribution in [0.2, 0.25) is 0 Å². The number of nitrogen functional groups attached to an aromatic ring is 1. The van der Waals surface area contributed by atoms with E-state index in [9.17, 15) is 4.79 Å². The normalized spacial score (nSPS) is 10.0. The number of carbonyl (C=O) groups is 1. The molecule has 6 nitrogen and oxygen atoms in total. The van der Waals surface area contributed by atoms with Crippen molar-refractivity contribution in [1.82, 2.24) is 0 Å². The highest BCUT2D eigenvalue weighted by atomic mass is 16.5. The minimum atomic E-state index is -0.563. The first kappa shape index (κ1) is 14.5. The number of primary amides is 1. The molecule has 2 aromatic carbocycles. The molecular formula is C15H17N3O3. The van der Waals surface area contributed by atoms with Gasteiger partial charge in [0, 0.05) is 11.8 Å². The molecule has 0 heterocycles. The standard InChI is InChI=1S/C15H17N3O3/c1-20-10-4-6-14(21-2)13(8-10)18-12-5-3-9(16)7-11(12)15(17)19/h3-8,18H,16H2,1-2H3,(H2,17,19). The van der Waals surface area contributed by atoms with Crippen LogP contribution in [0.5, 0.6) is 11.5 Å². The summed E-state index contributed by atoms with van der Waals surface area (Å²) in [6, 6.07) is 10.2. The molecule has 0 unspecified atom stereocenters. The number of amides is 1. The maximum absolute atomic E-state index is 11.5. The Morgan fingerprint density at radius 2 is 1.81 bits per heavy atom. The van der Waals surface area contributed by atoms with E-state index >= 15 is 0 Å². The van der Waals surface area contributed by atoms with E-state index in [1.807, 2.05) is 0 Å². The Bertz CT molecular complexity index is 671. The lowest BCUT2D eigenvalue weighted by Gasteiger charge is -2.15. The highest BCUT2D eigenvalue weighted by Gasteiger charge is 2.12. The van der Waals surface area contributed by atoms with Crippen molar-refractivity contribution in [1.29, 1.82) is 0 Å². The number of anilines is 3. The number of rotatable bonds is 5. The van der Waals surface area contributed by atoms with Gasteiger partial charge in [-0.05, 0) is 30.3 Å². The Kier molecular flexibility index (Phi) is 4.18. The first-order valence-corrected chi connectivity index (χ1v) is 6.23. The van der Waals surface area contributed by atoms with E-state index in [2.05, 4.69) is 5.32 Å². The van der Waals surface area contributed by atoms with Crippen LogP contribution in [0.4, 0.5) is 17.1 Å². The van der Waals surface area contributed by atoms with Crippen molar-refractivity contribution in [2.75, 3.05) is 25.3 Å². The van der Waals surface area contributed by atoms with E-state index in [0.29, 0.717) is 34.1 Å². The van der Waals surface area contributed by atoms with Crippen molar-refractivity contribution in [2.45, 2.75) is 0 Å². The largest absolute Gasteiger partial charge is 0.497 e. The fourth-order valence-electron chi connectivity index (χ4n) is 1.93. The molecule has 0 aliphatic carbocycles. The predicted octanol–water partition coefficient (Wildman–Crippen LogP) is 2.13. The molecule has 0 radical (unpaired) electrons. The lowest BCUT2D eigenvalue weighted by Crippen LogP contribution is -2.14. The fourth-order valence-corrected chi connectivity index (χ4v) is 1.93. The third-order valence-electron chi connectivity index (χ3n) is 2.99. The summed E-state index contributed by atoms with van der Waals surface area (Å²) in [5.41, 5.74) is 13.0. The zero-order chi connectivity index (χ0) is 15.4. The maximum Gasteiger partial charge on any atom is 0.250 e. The number of hydrogen-bond donors (Lipinski definition) is 3. The Balaban J connectivity index is 2.44. The molecule has 0 spiro atoms. The molecule has 2 rings (SSSR count). The van der Waals surface area contributed by atoms with Crippen LogP contribution in [0.1, 0.15) is 10.4 Å². The van der Waals surface area contributed by atoms with Crippen molar-refractivity contribution < 1.29 is 14.3 Å². The molecule has 0 fully saturated rings. The summed E-state index contributed by atoms with van der Waals surface area (Å²) < 4.78 is 10.5. The minimum Gasteiger partial charge on any atom is -0.497 e. The number of hydrogen-bond acceptors (Lipinski definition) is 5. The molecule has 0 saturated carbocycles. The second kappa shape index (κ2) is 6.04. The quantitative estimate of drug-likeness (QED) is 0.731. The molecule has 0 saturated heterocycles. The molecule has 0 aliphatic heterocycles. The Labute approximate surface area is 122 Å². The number of nitrogens with one attached hydrogen (secondary N) is 1. The third kappa shape index (κ3) is 3.17. The number of methoxy groups -OCH3 is 2. The maximum atomic E-state index is 11.5. The summed E-state index contributed by atoms with van der Waals surface area (Å²) in [5, 5.41) is 3.11. The van der Waals surface area contributed by atoms with Crippen LogP contribution < -0.4 is 26.3 Å². The SMILES string of the molecule is COc1ccc(OC)c(Nc2ccc(N)cc2C(N)=O)c1. The van der Waals surface area contributed by atoms with E-state index in [1.165, 1.54) is 6.07 Å². The number of ether oxygens (including phenoxy) is 2. The van der Waals surface area contributed by atoms with E-state index in [0.717, 1.165) is 0 Å². The summed E-state index contributed by atoms with van der Waals surface area (Å²) in [6.45, 7) is 0. The predicted molar refractivity (Wildman–Crippen MR) is 82.2 cm³/mol. The fraction of sp³-hybridized carbons (Fsp3) is 0.133. The first-order chi connectivity index (χ1) is 10.0. The van der Waals surface area contributed by atoms with Gasteiger partial charge in [0.15, 0.2) is 0 Å².